The van der Waals surface area contributed by atoms with E-state index in [1.807, 2.05) is 6.92 Å². The number of rotatable bonds is 3. The minimum atomic E-state index is -0.303. The largest absolute Gasteiger partial charge is 0.392 e. The van der Waals surface area contributed by atoms with Gasteiger partial charge < -0.3 is 10.0 Å². The predicted molar refractivity (Wildman–Crippen MR) is 73.9 cm³/mol. The van der Waals surface area contributed by atoms with Crippen molar-refractivity contribution in [3.8, 4) is 6.07 Å². The van der Waals surface area contributed by atoms with Gasteiger partial charge in [-0.3, -0.25) is 4.90 Å². The zero-order valence-corrected chi connectivity index (χ0v) is 11.5. The lowest BCUT2D eigenvalue weighted by Gasteiger charge is -2.41. The molecular weight excluding hydrogens is 240 g/mol. The van der Waals surface area contributed by atoms with Crippen LogP contribution in [0.2, 0.25) is 0 Å². The number of β-amino-alcohol motifs (C(OH)–C–C–N with tert-alkyl or cyclic N) is 1. The molecule has 2 heterocycles. The van der Waals surface area contributed by atoms with Crippen LogP contribution in [0.15, 0.2) is 18.3 Å². The third kappa shape index (κ3) is 3.22. The zero-order chi connectivity index (χ0) is 13.8. The Hall–Kier alpha value is -1.64. The summed E-state index contributed by atoms with van der Waals surface area (Å²) in [6.45, 7) is 7.24. The Morgan fingerprint density at radius 1 is 1.58 bits per heavy atom. The number of nitriles is 1. The van der Waals surface area contributed by atoms with Crippen LogP contribution in [0.4, 0.5) is 5.82 Å². The summed E-state index contributed by atoms with van der Waals surface area (Å²) in [7, 11) is 0. The number of hydrogen-bond donors (Lipinski definition) is 1. The Labute approximate surface area is 114 Å². The maximum absolute atomic E-state index is 9.45. The molecule has 0 aromatic carbocycles. The average Bonchev–Trinajstić information content (AvgIpc) is 2.38. The third-order valence-corrected chi connectivity index (χ3v) is 3.41. The molecule has 0 saturated carbocycles. The standard InChI is InChI=1S/C14H20N4O/c1-11-9-17(10-12(2)19)6-7-18(11)14-13(8-15)4-3-5-16-14/h3-5,11-12,19H,6-7,9-10H2,1-2H3. The van der Waals surface area contributed by atoms with E-state index in [-0.39, 0.29) is 12.1 Å². The first-order valence-electron chi connectivity index (χ1n) is 6.64. The molecule has 0 bridgehead atoms. The normalized spacial score (nSPS) is 22.0. The molecule has 102 valence electrons. The van der Waals surface area contributed by atoms with Gasteiger partial charge in [-0.25, -0.2) is 4.98 Å². The molecule has 2 rings (SSSR count). The number of aromatic nitrogens is 1. The Morgan fingerprint density at radius 3 is 3.00 bits per heavy atom. The summed E-state index contributed by atoms with van der Waals surface area (Å²) >= 11 is 0. The van der Waals surface area contributed by atoms with Crippen LogP contribution in [0.5, 0.6) is 0 Å². The van der Waals surface area contributed by atoms with Crippen molar-refractivity contribution >= 4 is 5.82 Å². The molecule has 2 unspecified atom stereocenters. The van der Waals surface area contributed by atoms with Crippen molar-refractivity contribution in [1.29, 1.82) is 5.26 Å². The molecule has 1 aliphatic rings. The number of nitrogens with zero attached hydrogens (tertiary/aromatic N) is 4. The summed E-state index contributed by atoms with van der Waals surface area (Å²) in [5.41, 5.74) is 0.623. The van der Waals surface area contributed by atoms with E-state index in [9.17, 15) is 5.11 Å². The van der Waals surface area contributed by atoms with Crippen LogP contribution in [-0.4, -0.2) is 53.3 Å². The highest BCUT2D eigenvalue weighted by Gasteiger charge is 2.26. The van der Waals surface area contributed by atoms with Crippen LogP contribution >= 0.6 is 0 Å². The summed E-state index contributed by atoms with van der Waals surface area (Å²) in [6, 6.07) is 6.08. The monoisotopic (exact) mass is 260 g/mol. The molecule has 1 aromatic rings. The number of aliphatic hydroxyl groups is 1. The SMILES string of the molecule is CC(O)CN1CCN(c2ncccc2C#N)C(C)C1. The van der Waals surface area contributed by atoms with Gasteiger partial charge in [-0.2, -0.15) is 5.26 Å². The van der Waals surface area contributed by atoms with E-state index in [4.69, 9.17) is 5.26 Å². The van der Waals surface area contributed by atoms with Gasteiger partial charge in [-0.1, -0.05) is 0 Å². The van der Waals surface area contributed by atoms with E-state index >= 15 is 0 Å². The summed E-state index contributed by atoms with van der Waals surface area (Å²) < 4.78 is 0. The highest BCUT2D eigenvalue weighted by atomic mass is 16.3. The van der Waals surface area contributed by atoms with Crippen LogP contribution in [0.3, 0.4) is 0 Å². The van der Waals surface area contributed by atoms with E-state index in [2.05, 4.69) is 27.8 Å². The van der Waals surface area contributed by atoms with Crippen molar-refractivity contribution in [2.24, 2.45) is 0 Å². The summed E-state index contributed by atoms with van der Waals surface area (Å²) in [5.74, 6) is 0.772. The molecule has 1 N–H and O–H groups in total. The number of piperazine rings is 1. The van der Waals surface area contributed by atoms with Crippen molar-refractivity contribution in [2.45, 2.75) is 26.0 Å². The number of aliphatic hydroxyl groups excluding tert-OH is 1. The molecule has 1 aromatic heterocycles. The van der Waals surface area contributed by atoms with Gasteiger partial charge in [0.15, 0.2) is 0 Å². The van der Waals surface area contributed by atoms with E-state index in [0.29, 0.717) is 12.1 Å². The molecule has 0 radical (unpaired) electrons. The average molecular weight is 260 g/mol. The lowest BCUT2D eigenvalue weighted by molar-refractivity contribution is 0.114. The summed E-state index contributed by atoms with van der Waals surface area (Å²) in [4.78, 5) is 8.77. The fourth-order valence-corrected chi connectivity index (χ4v) is 2.60. The molecule has 2 atom stereocenters. The van der Waals surface area contributed by atoms with E-state index in [1.54, 1.807) is 18.3 Å². The molecule has 19 heavy (non-hydrogen) atoms. The topological polar surface area (TPSA) is 63.4 Å². The van der Waals surface area contributed by atoms with Crippen molar-refractivity contribution in [3.63, 3.8) is 0 Å². The molecule has 1 aliphatic heterocycles. The summed E-state index contributed by atoms with van der Waals surface area (Å²) in [5, 5.41) is 18.6. The maximum Gasteiger partial charge on any atom is 0.146 e. The second-order valence-corrected chi connectivity index (χ2v) is 5.14. The van der Waals surface area contributed by atoms with Gasteiger partial charge in [-0.05, 0) is 26.0 Å². The second kappa shape index (κ2) is 6.00. The minimum absolute atomic E-state index is 0.287. The molecule has 0 aliphatic carbocycles. The number of hydrogen-bond acceptors (Lipinski definition) is 5. The molecule has 0 spiro atoms. The second-order valence-electron chi connectivity index (χ2n) is 5.14. The molecule has 1 saturated heterocycles. The third-order valence-electron chi connectivity index (χ3n) is 3.41. The van der Waals surface area contributed by atoms with Crippen LogP contribution in [0.1, 0.15) is 19.4 Å². The van der Waals surface area contributed by atoms with Crippen molar-refractivity contribution in [1.82, 2.24) is 9.88 Å². The molecule has 5 heteroatoms. The highest BCUT2D eigenvalue weighted by Crippen LogP contribution is 2.21. The van der Waals surface area contributed by atoms with Crippen molar-refractivity contribution in [3.05, 3.63) is 23.9 Å². The van der Waals surface area contributed by atoms with E-state index < -0.39 is 0 Å². The molecule has 0 amide bonds. The van der Waals surface area contributed by atoms with Crippen molar-refractivity contribution < 1.29 is 5.11 Å². The Kier molecular flexibility index (Phi) is 4.35. The maximum atomic E-state index is 9.45. The zero-order valence-electron chi connectivity index (χ0n) is 11.5. The Balaban J connectivity index is 2.10. The van der Waals surface area contributed by atoms with Gasteiger partial charge in [-0.15, -0.1) is 0 Å². The van der Waals surface area contributed by atoms with Gasteiger partial charge in [0.05, 0.1) is 11.7 Å². The lowest BCUT2D eigenvalue weighted by Crippen LogP contribution is -2.53. The van der Waals surface area contributed by atoms with Crippen LogP contribution in [0, 0.1) is 11.3 Å². The van der Waals surface area contributed by atoms with E-state index in [0.717, 1.165) is 25.5 Å². The van der Waals surface area contributed by atoms with Crippen LogP contribution in [0.25, 0.3) is 0 Å². The smallest absolute Gasteiger partial charge is 0.146 e. The van der Waals surface area contributed by atoms with Crippen molar-refractivity contribution in [2.75, 3.05) is 31.1 Å². The van der Waals surface area contributed by atoms with Crippen LogP contribution < -0.4 is 4.90 Å². The number of anilines is 1. The minimum Gasteiger partial charge on any atom is -0.392 e. The predicted octanol–water partition coefficient (Wildman–Crippen LogP) is 0.845. The van der Waals surface area contributed by atoms with E-state index in [1.165, 1.54) is 0 Å². The van der Waals surface area contributed by atoms with Gasteiger partial charge in [0, 0.05) is 38.4 Å². The van der Waals surface area contributed by atoms with Gasteiger partial charge in [0.25, 0.3) is 0 Å². The fraction of sp³-hybridized carbons (Fsp3) is 0.571. The molecular formula is C14H20N4O. The molecule has 5 nitrogen and oxygen atoms in total. The Morgan fingerprint density at radius 2 is 2.37 bits per heavy atom. The first-order chi connectivity index (χ1) is 9.11. The quantitative estimate of drug-likeness (QED) is 0.872. The lowest BCUT2D eigenvalue weighted by atomic mass is 10.1. The van der Waals surface area contributed by atoms with Crippen LogP contribution in [-0.2, 0) is 0 Å². The first-order valence-corrected chi connectivity index (χ1v) is 6.64. The fourth-order valence-electron chi connectivity index (χ4n) is 2.60. The van der Waals surface area contributed by atoms with Gasteiger partial charge in [0.2, 0.25) is 0 Å². The highest BCUT2D eigenvalue weighted by molar-refractivity contribution is 5.54. The summed E-state index contributed by atoms with van der Waals surface area (Å²) in [6.07, 6.45) is 1.42. The Bertz CT molecular complexity index is 469. The first kappa shape index (κ1) is 13.8. The molecule has 1 fully saturated rings. The van der Waals surface area contributed by atoms with Gasteiger partial charge >= 0.3 is 0 Å². The van der Waals surface area contributed by atoms with Gasteiger partial charge in [0.1, 0.15) is 11.9 Å². The number of pyridine rings is 1.